The number of nitrogens with one attached hydrogen (secondary N) is 1. The van der Waals surface area contributed by atoms with Crippen molar-refractivity contribution in [3.63, 3.8) is 0 Å². The molecule has 0 amide bonds. The summed E-state index contributed by atoms with van der Waals surface area (Å²) in [6.07, 6.45) is -0.397. The van der Waals surface area contributed by atoms with E-state index in [1.54, 1.807) is 0 Å². The number of halogens is 1. The number of anilines is 1. The molecule has 0 spiro atoms. The van der Waals surface area contributed by atoms with Gasteiger partial charge in [0.05, 0.1) is 12.3 Å². The van der Waals surface area contributed by atoms with E-state index in [0.717, 1.165) is 15.7 Å². The van der Waals surface area contributed by atoms with Gasteiger partial charge in [0.25, 0.3) is 0 Å². The van der Waals surface area contributed by atoms with Gasteiger partial charge in [0.15, 0.2) is 0 Å². The second kappa shape index (κ2) is 6.39. The molecule has 1 aromatic carbocycles. The van der Waals surface area contributed by atoms with E-state index in [9.17, 15) is 9.59 Å². The first-order valence-corrected chi connectivity index (χ1v) is 6.14. The van der Waals surface area contributed by atoms with Gasteiger partial charge in [-0.3, -0.25) is 9.59 Å². The van der Waals surface area contributed by atoms with Crippen molar-refractivity contribution >= 4 is 33.6 Å². The van der Waals surface area contributed by atoms with Crippen molar-refractivity contribution in [3.8, 4) is 0 Å². The largest absolute Gasteiger partial charge is 0.481 e. The zero-order valence-electron chi connectivity index (χ0n) is 9.81. The Labute approximate surface area is 113 Å². The zero-order valence-corrected chi connectivity index (χ0v) is 11.4. The smallest absolute Gasteiger partial charge is 0.308 e. The Morgan fingerprint density at radius 2 is 2.06 bits per heavy atom. The number of carboxylic acids is 2. The third-order valence-corrected chi connectivity index (χ3v) is 3.09. The number of carboxylic acid groups (broad SMARTS) is 2. The Kier molecular flexibility index (Phi) is 5.15. The topological polar surface area (TPSA) is 86.6 Å². The first-order chi connectivity index (χ1) is 8.40. The molecule has 1 rings (SSSR count). The Morgan fingerprint density at radius 3 is 2.56 bits per heavy atom. The van der Waals surface area contributed by atoms with Gasteiger partial charge in [0, 0.05) is 16.7 Å². The van der Waals surface area contributed by atoms with Crippen molar-refractivity contribution in [2.45, 2.75) is 13.3 Å². The number of hydrogen-bond donors (Lipinski definition) is 3. The van der Waals surface area contributed by atoms with Crippen LogP contribution in [0.25, 0.3) is 0 Å². The number of hydrogen-bond acceptors (Lipinski definition) is 3. The van der Waals surface area contributed by atoms with Gasteiger partial charge in [0.1, 0.15) is 0 Å². The summed E-state index contributed by atoms with van der Waals surface area (Å²) in [5.41, 5.74) is 1.82. The van der Waals surface area contributed by atoms with Crippen molar-refractivity contribution in [1.82, 2.24) is 0 Å². The van der Waals surface area contributed by atoms with Crippen LogP contribution in [0.4, 0.5) is 5.69 Å². The highest BCUT2D eigenvalue weighted by Crippen LogP contribution is 2.23. The minimum absolute atomic E-state index is 0.0727. The van der Waals surface area contributed by atoms with E-state index >= 15 is 0 Å². The molecular formula is C12H14BrNO4. The lowest BCUT2D eigenvalue weighted by Crippen LogP contribution is -2.25. The summed E-state index contributed by atoms with van der Waals surface area (Å²) in [4.78, 5) is 21.4. The zero-order chi connectivity index (χ0) is 13.7. The minimum atomic E-state index is -1.12. The van der Waals surface area contributed by atoms with Crippen LogP contribution in [-0.4, -0.2) is 28.7 Å². The van der Waals surface area contributed by atoms with Gasteiger partial charge in [0.2, 0.25) is 0 Å². The highest BCUT2D eigenvalue weighted by atomic mass is 79.9. The molecular weight excluding hydrogens is 302 g/mol. The van der Waals surface area contributed by atoms with Crippen LogP contribution in [0.1, 0.15) is 12.0 Å². The summed E-state index contributed by atoms with van der Waals surface area (Å²) < 4.78 is 0.821. The molecule has 0 aromatic heterocycles. The average Bonchev–Trinajstić information content (AvgIpc) is 2.25. The maximum Gasteiger partial charge on any atom is 0.308 e. The summed E-state index contributed by atoms with van der Waals surface area (Å²) in [6, 6.07) is 5.61. The summed E-state index contributed by atoms with van der Waals surface area (Å²) >= 11 is 3.36. The Hall–Kier alpha value is -1.56. The molecule has 0 radical (unpaired) electrons. The van der Waals surface area contributed by atoms with E-state index in [2.05, 4.69) is 21.2 Å². The first-order valence-electron chi connectivity index (χ1n) is 5.34. The highest BCUT2D eigenvalue weighted by Gasteiger charge is 2.20. The lowest BCUT2D eigenvalue weighted by molar-refractivity contribution is -0.147. The second-order valence-electron chi connectivity index (χ2n) is 4.00. The Balaban J connectivity index is 2.66. The molecule has 0 fully saturated rings. The van der Waals surface area contributed by atoms with Crippen LogP contribution >= 0.6 is 15.9 Å². The van der Waals surface area contributed by atoms with E-state index in [1.165, 1.54) is 0 Å². The van der Waals surface area contributed by atoms with Gasteiger partial charge < -0.3 is 15.5 Å². The maximum absolute atomic E-state index is 10.9. The molecule has 0 heterocycles. The summed E-state index contributed by atoms with van der Waals surface area (Å²) in [5.74, 6) is -3.18. The fourth-order valence-electron chi connectivity index (χ4n) is 1.45. The van der Waals surface area contributed by atoms with Crippen molar-refractivity contribution in [2.24, 2.45) is 5.92 Å². The van der Waals surface area contributed by atoms with Crippen LogP contribution < -0.4 is 5.32 Å². The van der Waals surface area contributed by atoms with Gasteiger partial charge in [-0.05, 0) is 40.5 Å². The van der Waals surface area contributed by atoms with E-state index in [4.69, 9.17) is 10.2 Å². The molecule has 0 bridgehead atoms. The van der Waals surface area contributed by atoms with Crippen LogP contribution in [-0.2, 0) is 9.59 Å². The van der Waals surface area contributed by atoms with Crippen LogP contribution in [0.15, 0.2) is 22.7 Å². The molecule has 6 heteroatoms. The van der Waals surface area contributed by atoms with Crippen molar-refractivity contribution in [1.29, 1.82) is 0 Å². The van der Waals surface area contributed by atoms with Crippen LogP contribution in [0.2, 0.25) is 0 Å². The monoisotopic (exact) mass is 315 g/mol. The Bertz CT molecular complexity index is 461. The van der Waals surface area contributed by atoms with Crippen LogP contribution in [0.3, 0.4) is 0 Å². The van der Waals surface area contributed by atoms with Crippen molar-refractivity contribution in [3.05, 3.63) is 28.2 Å². The van der Waals surface area contributed by atoms with Gasteiger partial charge in [-0.25, -0.2) is 0 Å². The van der Waals surface area contributed by atoms with Crippen molar-refractivity contribution < 1.29 is 19.8 Å². The molecule has 0 saturated carbocycles. The van der Waals surface area contributed by atoms with Crippen LogP contribution in [0.5, 0.6) is 0 Å². The fourth-order valence-corrected chi connectivity index (χ4v) is 2.09. The van der Waals surface area contributed by atoms with Gasteiger partial charge in [-0.15, -0.1) is 0 Å². The van der Waals surface area contributed by atoms with E-state index in [1.807, 2.05) is 25.1 Å². The predicted molar refractivity (Wildman–Crippen MR) is 70.7 cm³/mol. The summed E-state index contributed by atoms with van der Waals surface area (Å²) in [7, 11) is 0. The second-order valence-corrected chi connectivity index (χ2v) is 4.85. The fraction of sp³-hybridized carbons (Fsp3) is 0.333. The molecule has 0 aliphatic carbocycles. The maximum atomic E-state index is 10.9. The van der Waals surface area contributed by atoms with Gasteiger partial charge in [-0.1, -0.05) is 6.07 Å². The molecule has 3 N–H and O–H groups in total. The highest BCUT2D eigenvalue weighted by molar-refractivity contribution is 9.10. The van der Waals surface area contributed by atoms with E-state index < -0.39 is 24.3 Å². The minimum Gasteiger partial charge on any atom is -0.481 e. The van der Waals surface area contributed by atoms with E-state index in [0.29, 0.717) is 0 Å². The molecule has 98 valence electrons. The molecule has 0 aliphatic heterocycles. The number of carbonyl (C=O) groups is 2. The Morgan fingerprint density at radius 1 is 1.39 bits per heavy atom. The summed E-state index contributed by atoms with van der Waals surface area (Å²) in [5, 5.41) is 20.5. The molecule has 1 aromatic rings. The number of benzene rings is 1. The summed E-state index contributed by atoms with van der Waals surface area (Å²) in [6.45, 7) is 2.02. The average molecular weight is 316 g/mol. The standard InChI is InChI=1S/C12H14BrNO4/c1-7-2-3-10(9(13)4-7)14-6-8(12(17)18)5-11(15)16/h2-4,8,14H,5-6H2,1H3,(H,15,16)(H,17,18). The third-order valence-electron chi connectivity index (χ3n) is 2.43. The first kappa shape index (κ1) is 14.5. The predicted octanol–water partition coefficient (Wildman–Crippen LogP) is 2.34. The lowest BCUT2D eigenvalue weighted by atomic mass is 10.1. The van der Waals surface area contributed by atoms with Crippen molar-refractivity contribution in [2.75, 3.05) is 11.9 Å². The van der Waals surface area contributed by atoms with Gasteiger partial charge >= 0.3 is 11.9 Å². The lowest BCUT2D eigenvalue weighted by Gasteiger charge is -2.13. The molecule has 0 saturated heterocycles. The SMILES string of the molecule is Cc1ccc(NCC(CC(=O)O)C(=O)O)c(Br)c1. The third kappa shape index (κ3) is 4.37. The number of aryl methyl sites for hydroxylation is 1. The van der Waals surface area contributed by atoms with Crippen LogP contribution in [0, 0.1) is 12.8 Å². The van der Waals surface area contributed by atoms with E-state index in [-0.39, 0.29) is 6.54 Å². The number of aliphatic carboxylic acids is 2. The number of rotatable bonds is 6. The molecule has 0 aliphatic rings. The molecule has 1 unspecified atom stereocenters. The normalized spacial score (nSPS) is 11.9. The van der Waals surface area contributed by atoms with Gasteiger partial charge in [-0.2, -0.15) is 0 Å². The molecule has 18 heavy (non-hydrogen) atoms. The molecule has 5 nitrogen and oxygen atoms in total. The molecule has 1 atom stereocenters. The quantitative estimate of drug-likeness (QED) is 0.750.